The van der Waals surface area contributed by atoms with Crippen LogP contribution < -0.4 is 4.74 Å². The molecule has 66 heavy (non-hydrogen) atoms. The second-order valence-corrected chi connectivity index (χ2v) is 18.2. The summed E-state index contributed by atoms with van der Waals surface area (Å²) in [7, 11) is 1.66. The topological polar surface area (TPSA) is 39.9 Å². The van der Waals surface area contributed by atoms with Crippen molar-refractivity contribution < 1.29 is 23.9 Å². The number of aryl methyl sites for hydroxylation is 2. The van der Waals surface area contributed by atoms with Gasteiger partial charge in [0.15, 0.2) is 0 Å². The summed E-state index contributed by atoms with van der Waals surface area (Å²) in [5, 5.41) is 0. The van der Waals surface area contributed by atoms with E-state index >= 15 is 0 Å². The molecule has 9 rings (SSSR count). The van der Waals surface area contributed by atoms with Gasteiger partial charge in [0, 0.05) is 36.6 Å². The lowest BCUT2D eigenvalue weighted by molar-refractivity contribution is 0.413. The maximum atomic E-state index is 9.49. The minimum absolute atomic E-state index is 0.139. The molecule has 2 aromatic heterocycles. The quantitative estimate of drug-likeness (QED) is 0.145. The molecule has 0 amide bonds. The van der Waals surface area contributed by atoms with Gasteiger partial charge >= 0.3 is 0 Å². The molecule has 0 aliphatic heterocycles. The molecule has 0 fully saturated rings. The van der Waals surface area contributed by atoms with E-state index in [0.29, 0.717) is 28.3 Å². The van der Waals surface area contributed by atoms with Crippen LogP contribution in [0.5, 0.6) is 5.75 Å². The SMILES string of the molecule is [2H]c1c([2H])c(C(C([2H])([2H])[2H])(C([2H])([2H])[2H])C([2H])([2H])[2H])c([2H])c([2H])c1-c1ccnc(-c2cc(-c3cccc4c3nc(-c3cc(C)cc(C)c3OC)n4-c3cc(-c4ccccc4)c(C([2H])(C)C)cc3-c3ccccc3)cc(C(C)(C)C)c2)c1. The van der Waals surface area contributed by atoms with Crippen molar-refractivity contribution in [2.45, 2.75) is 85.7 Å². The summed E-state index contributed by atoms with van der Waals surface area (Å²) in [6.07, 6.45) is 1.44. The van der Waals surface area contributed by atoms with E-state index in [9.17, 15) is 4.11 Å². The number of nitrogens with zero attached hydrogens (tertiary/aromatic N) is 3. The molecule has 0 N–H and O–H groups in total. The highest BCUT2D eigenvalue weighted by Crippen LogP contribution is 2.45. The molecular weight excluding hydrogens is 803 g/mol. The number of imidazole rings is 1. The van der Waals surface area contributed by atoms with Gasteiger partial charge in [-0.15, -0.1) is 0 Å². The third kappa shape index (κ3) is 8.49. The number of pyridine rings is 1. The molecule has 4 nitrogen and oxygen atoms in total. The zero-order chi connectivity index (χ0) is 58.4. The van der Waals surface area contributed by atoms with Crippen molar-refractivity contribution in [1.29, 1.82) is 0 Å². The minimum Gasteiger partial charge on any atom is -0.496 e. The Bertz CT molecular complexity index is 3800. The Morgan fingerprint density at radius 1 is 0.606 bits per heavy atom. The van der Waals surface area contributed by atoms with Gasteiger partial charge in [0.25, 0.3) is 0 Å². The van der Waals surface area contributed by atoms with Crippen LogP contribution >= 0.6 is 0 Å². The van der Waals surface area contributed by atoms with Crippen molar-refractivity contribution >= 4 is 11.0 Å². The van der Waals surface area contributed by atoms with E-state index in [1.165, 1.54) is 12.3 Å². The van der Waals surface area contributed by atoms with Crippen molar-refractivity contribution in [3.63, 3.8) is 0 Å². The van der Waals surface area contributed by atoms with Gasteiger partial charge in [-0.05, 0) is 140 Å². The highest BCUT2D eigenvalue weighted by molar-refractivity contribution is 5.98. The standard InChI is InChI=1S/C62H61N3O/c1-39(2)51-37-53(44-21-16-13-17-22-44)57(38-52(51)43-19-14-12-15-20-43)65-56-24-18-23-50(58(56)64-60(65)54-32-40(3)31-41(4)59(54)66-11)46-33-47(35-49(34-46)62(8,9)10)55-36-45(29-30-63-55)42-25-27-48(28-26-42)61(5,6)7/h12-39H,1-11H3/i5D3,6D3,7D3,25D,26D,27D,28D,39D. The van der Waals surface area contributed by atoms with Crippen LogP contribution in [-0.2, 0) is 10.8 Å². The molecule has 9 aromatic rings. The van der Waals surface area contributed by atoms with Gasteiger partial charge < -0.3 is 4.74 Å². The third-order valence-electron chi connectivity index (χ3n) is 12.1. The molecule has 330 valence electrons. The summed E-state index contributed by atoms with van der Waals surface area (Å²) >= 11 is 0. The first-order valence-electron chi connectivity index (χ1n) is 29.0. The number of ether oxygens (including phenoxy) is 1. The maximum Gasteiger partial charge on any atom is 0.149 e. The van der Waals surface area contributed by atoms with E-state index in [1.807, 2.05) is 94.4 Å². The van der Waals surface area contributed by atoms with E-state index in [0.717, 1.165) is 72.4 Å². The molecule has 0 saturated heterocycles. The highest BCUT2D eigenvalue weighted by Gasteiger charge is 2.26. The lowest BCUT2D eigenvalue weighted by Crippen LogP contribution is -2.11. The van der Waals surface area contributed by atoms with Gasteiger partial charge in [-0.25, -0.2) is 4.98 Å². The molecule has 0 unspecified atom stereocenters. The fourth-order valence-electron chi connectivity index (χ4n) is 8.79. The van der Waals surface area contributed by atoms with Crippen molar-refractivity contribution in [2.75, 3.05) is 7.11 Å². The number of benzene rings is 7. The van der Waals surface area contributed by atoms with Crippen LogP contribution in [0.2, 0.25) is 0 Å². The lowest BCUT2D eigenvalue weighted by atomic mass is 9.83. The summed E-state index contributed by atoms with van der Waals surface area (Å²) < 4.78 is 129. The average Bonchev–Trinajstić information content (AvgIpc) is 3.15. The Labute approximate surface area is 411 Å². The molecule has 4 heteroatoms. The lowest BCUT2D eigenvalue weighted by Gasteiger charge is -2.22. The van der Waals surface area contributed by atoms with E-state index in [2.05, 4.69) is 79.9 Å². The summed E-state index contributed by atoms with van der Waals surface area (Å²) in [6.45, 7) is 2.67. The van der Waals surface area contributed by atoms with Gasteiger partial charge in [-0.3, -0.25) is 9.55 Å². The van der Waals surface area contributed by atoms with Crippen LogP contribution in [-0.4, -0.2) is 21.6 Å². The molecule has 2 heterocycles. The summed E-state index contributed by atoms with van der Waals surface area (Å²) in [5.74, 6) is 0.282. The maximum absolute atomic E-state index is 9.49. The Morgan fingerprint density at radius 3 is 1.94 bits per heavy atom. The predicted molar refractivity (Wildman–Crippen MR) is 279 cm³/mol. The van der Waals surface area contributed by atoms with Gasteiger partial charge in [-0.1, -0.05) is 164 Å². The predicted octanol–water partition coefficient (Wildman–Crippen LogP) is 16.8. The van der Waals surface area contributed by atoms with Gasteiger partial charge in [-0.2, -0.15) is 0 Å². The molecule has 0 atom stereocenters. The van der Waals surface area contributed by atoms with Crippen LogP contribution in [0.25, 0.3) is 83.9 Å². The molecule has 0 spiro atoms. The summed E-state index contributed by atoms with van der Waals surface area (Å²) in [5.41, 5.74) is 7.38. The van der Waals surface area contributed by atoms with E-state index in [1.54, 1.807) is 13.2 Å². The Morgan fingerprint density at radius 2 is 1.29 bits per heavy atom. The first-order chi connectivity index (χ1) is 37.3. The first kappa shape index (κ1) is 30.2. The fraction of sp³-hybridized carbons (Fsp3) is 0.226. The zero-order valence-corrected chi connectivity index (χ0v) is 38.5. The molecular formula is C62H61N3O. The van der Waals surface area contributed by atoms with Crippen molar-refractivity contribution in [1.82, 2.24) is 14.5 Å². The minimum atomic E-state index is -3.81. The summed E-state index contributed by atoms with van der Waals surface area (Å²) in [4.78, 5) is 10.4. The van der Waals surface area contributed by atoms with Gasteiger partial charge in [0.05, 0.1) is 40.6 Å². The number of rotatable bonds is 9. The molecule has 0 radical (unpaired) electrons. The van der Waals surface area contributed by atoms with Crippen LogP contribution in [0.15, 0.2) is 164 Å². The summed E-state index contributed by atoms with van der Waals surface area (Å²) in [6, 6.07) is 40.0. The van der Waals surface area contributed by atoms with Crippen molar-refractivity contribution in [2.24, 2.45) is 0 Å². The number of methoxy groups -OCH3 is 1. The number of hydrogen-bond acceptors (Lipinski definition) is 3. The number of aromatic nitrogens is 3. The van der Waals surface area contributed by atoms with Gasteiger partial charge in [0.2, 0.25) is 0 Å². The van der Waals surface area contributed by atoms with E-state index in [4.69, 9.17) is 29.8 Å². The molecule has 0 saturated carbocycles. The normalized spacial score (nSPS) is 15.8. The second-order valence-electron chi connectivity index (χ2n) is 18.2. The van der Waals surface area contributed by atoms with Crippen LogP contribution in [0.3, 0.4) is 0 Å². The first-order valence-corrected chi connectivity index (χ1v) is 22.0. The zero-order valence-electron chi connectivity index (χ0n) is 52.5. The highest BCUT2D eigenvalue weighted by atomic mass is 16.5. The monoisotopic (exact) mass is 878 g/mol. The van der Waals surface area contributed by atoms with Gasteiger partial charge in [0.1, 0.15) is 11.6 Å². The molecule has 7 aromatic carbocycles. The van der Waals surface area contributed by atoms with Crippen LogP contribution in [0, 0.1) is 13.8 Å². The Balaban J connectivity index is 1.32. The molecule has 0 bridgehead atoms. The van der Waals surface area contributed by atoms with E-state index < -0.39 is 67.0 Å². The van der Waals surface area contributed by atoms with Crippen LogP contribution in [0.1, 0.15) is 108 Å². The smallest absolute Gasteiger partial charge is 0.149 e. The largest absolute Gasteiger partial charge is 0.496 e. The second kappa shape index (κ2) is 17.4. The number of para-hydroxylation sites is 1. The van der Waals surface area contributed by atoms with Crippen molar-refractivity contribution in [3.05, 3.63) is 192 Å². The third-order valence-corrected chi connectivity index (χ3v) is 12.1. The number of hydrogen-bond donors (Lipinski definition) is 0. The average molecular weight is 878 g/mol. The Hall–Kier alpha value is -7.04. The number of fused-ring (bicyclic) bond motifs is 1. The van der Waals surface area contributed by atoms with E-state index in [-0.39, 0.29) is 11.1 Å². The fourth-order valence-corrected chi connectivity index (χ4v) is 8.79. The Kier molecular flexibility index (Phi) is 7.97. The van der Waals surface area contributed by atoms with Crippen molar-refractivity contribution in [3.8, 4) is 78.6 Å². The molecule has 0 aliphatic rings. The van der Waals surface area contributed by atoms with Crippen LogP contribution in [0.4, 0.5) is 0 Å². The molecule has 0 aliphatic carbocycles.